The molecule has 1 aromatic heterocycles. The third-order valence-electron chi connectivity index (χ3n) is 3.57. The molecule has 1 atom stereocenters. The quantitative estimate of drug-likeness (QED) is 0.760. The molecular weight excluding hydrogens is 290 g/mol. The maximum atomic E-state index is 10.4. The van der Waals surface area contributed by atoms with E-state index in [-0.39, 0.29) is 0 Å². The van der Waals surface area contributed by atoms with Gasteiger partial charge < -0.3 is 9.84 Å². The Hall–Kier alpha value is -2.66. The Morgan fingerprint density at radius 2 is 1.70 bits per heavy atom. The minimum atomic E-state index is -0.814. The topological polar surface area (TPSA) is 60.2 Å². The fourth-order valence-electron chi connectivity index (χ4n) is 2.33. The van der Waals surface area contributed by atoms with Crippen molar-refractivity contribution in [2.75, 3.05) is 6.61 Å². The van der Waals surface area contributed by atoms with E-state index in [0.717, 1.165) is 17.1 Å². The molecule has 5 nitrogen and oxygen atoms in total. The highest BCUT2D eigenvalue weighted by Gasteiger charge is 2.17. The van der Waals surface area contributed by atoms with Crippen LogP contribution in [0.1, 0.15) is 23.3 Å². The summed E-state index contributed by atoms with van der Waals surface area (Å²) in [5.74, 6) is 2.03. The lowest BCUT2D eigenvalue weighted by Crippen LogP contribution is -2.06. The fraction of sp³-hybridized carbons (Fsp3) is 0.222. The second-order valence-electron chi connectivity index (χ2n) is 5.23. The number of benzene rings is 2. The summed E-state index contributed by atoms with van der Waals surface area (Å²) in [5.41, 5.74) is 0.783. The molecule has 0 spiro atoms. The Balaban J connectivity index is 1.64. The minimum absolute atomic E-state index is 0.411. The van der Waals surface area contributed by atoms with Crippen LogP contribution in [0.5, 0.6) is 5.75 Å². The number of para-hydroxylation sites is 1. The van der Waals surface area contributed by atoms with Crippen LogP contribution in [0, 0.1) is 0 Å². The molecule has 0 saturated carbocycles. The van der Waals surface area contributed by atoms with Gasteiger partial charge in [-0.3, -0.25) is 4.68 Å². The smallest absolute Gasteiger partial charge is 0.183 e. The van der Waals surface area contributed by atoms with Crippen molar-refractivity contribution in [3.05, 3.63) is 77.9 Å². The lowest BCUT2D eigenvalue weighted by atomic mass is 10.1. The number of aromatic nitrogens is 3. The molecule has 0 amide bonds. The first kappa shape index (κ1) is 15.2. The van der Waals surface area contributed by atoms with Crippen LogP contribution in [0.4, 0.5) is 0 Å². The van der Waals surface area contributed by atoms with Crippen molar-refractivity contribution in [1.29, 1.82) is 0 Å². The van der Waals surface area contributed by atoms with E-state index in [2.05, 4.69) is 10.1 Å². The molecule has 0 fully saturated rings. The van der Waals surface area contributed by atoms with Crippen molar-refractivity contribution in [2.45, 2.75) is 12.5 Å². The Morgan fingerprint density at radius 3 is 2.39 bits per heavy atom. The predicted molar refractivity (Wildman–Crippen MR) is 87.1 cm³/mol. The number of ether oxygens (including phenoxy) is 1. The second kappa shape index (κ2) is 7.07. The number of rotatable bonds is 6. The lowest BCUT2D eigenvalue weighted by molar-refractivity contribution is 0.209. The van der Waals surface area contributed by atoms with Crippen LogP contribution in [0.2, 0.25) is 0 Å². The minimum Gasteiger partial charge on any atom is -0.493 e. The molecule has 23 heavy (non-hydrogen) atoms. The number of hydrogen-bond donors (Lipinski definition) is 1. The zero-order valence-corrected chi connectivity index (χ0v) is 13.0. The molecule has 5 heteroatoms. The standard InChI is InChI=1S/C18H19N3O2/c1-21-16(12-13-23-15-10-6-3-7-11-15)19-18(20-21)17(22)14-8-4-2-5-9-14/h2-11,17,22H,12-13H2,1H3/t17-/m1/s1. The van der Waals surface area contributed by atoms with Gasteiger partial charge in [0.05, 0.1) is 6.61 Å². The monoisotopic (exact) mass is 309 g/mol. The average Bonchev–Trinajstić information content (AvgIpc) is 2.97. The maximum Gasteiger partial charge on any atom is 0.183 e. The zero-order chi connectivity index (χ0) is 16.1. The third-order valence-corrected chi connectivity index (χ3v) is 3.57. The summed E-state index contributed by atoms with van der Waals surface area (Å²) >= 11 is 0. The van der Waals surface area contributed by atoms with Crippen molar-refractivity contribution in [2.24, 2.45) is 7.05 Å². The third kappa shape index (κ3) is 3.76. The van der Waals surface area contributed by atoms with Crippen molar-refractivity contribution in [3.8, 4) is 5.75 Å². The van der Waals surface area contributed by atoms with Crippen LogP contribution in [0.15, 0.2) is 60.7 Å². The average molecular weight is 309 g/mol. The highest BCUT2D eigenvalue weighted by molar-refractivity contribution is 5.23. The molecule has 3 rings (SSSR count). The van der Waals surface area contributed by atoms with Crippen molar-refractivity contribution in [3.63, 3.8) is 0 Å². The van der Waals surface area contributed by atoms with Gasteiger partial charge in [0.15, 0.2) is 5.82 Å². The van der Waals surface area contributed by atoms with E-state index in [1.165, 1.54) is 0 Å². The van der Waals surface area contributed by atoms with Gasteiger partial charge in [-0.25, -0.2) is 4.98 Å². The van der Waals surface area contributed by atoms with Gasteiger partial charge in [0.2, 0.25) is 0 Å². The Morgan fingerprint density at radius 1 is 1.04 bits per heavy atom. The summed E-state index contributed by atoms with van der Waals surface area (Å²) in [4.78, 5) is 4.44. The maximum absolute atomic E-state index is 10.4. The van der Waals surface area contributed by atoms with E-state index in [1.54, 1.807) is 4.68 Å². The first-order valence-corrected chi connectivity index (χ1v) is 7.54. The number of aryl methyl sites for hydroxylation is 1. The fourth-order valence-corrected chi connectivity index (χ4v) is 2.33. The van der Waals surface area contributed by atoms with Crippen LogP contribution in [0.3, 0.4) is 0 Å². The van der Waals surface area contributed by atoms with E-state index < -0.39 is 6.10 Å². The Kier molecular flexibility index (Phi) is 4.68. The van der Waals surface area contributed by atoms with Gasteiger partial charge >= 0.3 is 0 Å². The molecule has 0 bridgehead atoms. The molecule has 0 aliphatic heterocycles. The SMILES string of the molecule is Cn1nc([C@H](O)c2ccccc2)nc1CCOc1ccccc1. The summed E-state index contributed by atoms with van der Waals surface area (Å²) in [5, 5.41) is 14.7. The van der Waals surface area contributed by atoms with Gasteiger partial charge in [-0.15, -0.1) is 0 Å². The Labute approximate surface area is 135 Å². The van der Waals surface area contributed by atoms with Gasteiger partial charge in [-0.1, -0.05) is 48.5 Å². The molecule has 3 aromatic rings. The van der Waals surface area contributed by atoms with Crippen LogP contribution in [0.25, 0.3) is 0 Å². The highest BCUT2D eigenvalue weighted by atomic mass is 16.5. The van der Waals surface area contributed by atoms with Crippen LogP contribution in [-0.4, -0.2) is 26.5 Å². The van der Waals surface area contributed by atoms with E-state index in [0.29, 0.717) is 18.9 Å². The summed E-state index contributed by atoms with van der Waals surface area (Å²) < 4.78 is 7.37. The number of hydrogen-bond acceptors (Lipinski definition) is 4. The van der Waals surface area contributed by atoms with Gasteiger partial charge in [0.25, 0.3) is 0 Å². The molecule has 1 heterocycles. The number of aliphatic hydroxyl groups is 1. The van der Waals surface area contributed by atoms with Gasteiger partial charge in [0, 0.05) is 13.5 Å². The van der Waals surface area contributed by atoms with E-state index >= 15 is 0 Å². The molecular formula is C18H19N3O2. The van der Waals surface area contributed by atoms with Gasteiger partial charge in [-0.2, -0.15) is 5.10 Å². The molecule has 118 valence electrons. The molecule has 0 saturated heterocycles. The zero-order valence-electron chi connectivity index (χ0n) is 13.0. The molecule has 0 aliphatic carbocycles. The molecule has 0 unspecified atom stereocenters. The van der Waals surface area contributed by atoms with Crippen molar-refractivity contribution >= 4 is 0 Å². The molecule has 0 radical (unpaired) electrons. The van der Waals surface area contributed by atoms with E-state index in [9.17, 15) is 5.11 Å². The first-order chi connectivity index (χ1) is 11.2. The van der Waals surface area contributed by atoms with Gasteiger partial charge in [0.1, 0.15) is 17.7 Å². The highest BCUT2D eigenvalue weighted by Crippen LogP contribution is 2.18. The summed E-state index contributed by atoms with van der Waals surface area (Å²) in [6.07, 6.45) is -0.189. The molecule has 2 aromatic carbocycles. The van der Waals surface area contributed by atoms with Gasteiger partial charge in [-0.05, 0) is 17.7 Å². The number of nitrogens with zero attached hydrogens (tertiary/aromatic N) is 3. The normalized spacial score (nSPS) is 12.1. The summed E-state index contributed by atoms with van der Waals surface area (Å²) in [7, 11) is 1.83. The molecule has 1 N–H and O–H groups in total. The first-order valence-electron chi connectivity index (χ1n) is 7.54. The Bertz CT molecular complexity index is 741. The predicted octanol–water partition coefficient (Wildman–Crippen LogP) is 2.52. The number of aliphatic hydroxyl groups excluding tert-OH is 1. The summed E-state index contributed by atoms with van der Waals surface area (Å²) in [6, 6.07) is 19.1. The van der Waals surface area contributed by atoms with Crippen molar-refractivity contribution < 1.29 is 9.84 Å². The van der Waals surface area contributed by atoms with Crippen LogP contribution < -0.4 is 4.74 Å². The van der Waals surface area contributed by atoms with E-state index in [1.807, 2.05) is 67.7 Å². The lowest BCUT2D eigenvalue weighted by Gasteiger charge is -2.05. The van der Waals surface area contributed by atoms with E-state index in [4.69, 9.17) is 4.74 Å². The van der Waals surface area contributed by atoms with Crippen LogP contribution in [-0.2, 0) is 13.5 Å². The second-order valence-corrected chi connectivity index (χ2v) is 5.23. The summed E-state index contributed by atoms with van der Waals surface area (Å²) in [6.45, 7) is 0.511. The largest absolute Gasteiger partial charge is 0.493 e. The molecule has 0 aliphatic rings. The van der Waals surface area contributed by atoms with Crippen molar-refractivity contribution in [1.82, 2.24) is 14.8 Å². The van der Waals surface area contributed by atoms with Crippen LogP contribution >= 0.6 is 0 Å².